The van der Waals surface area contributed by atoms with Gasteiger partial charge in [-0.05, 0) is 11.4 Å². The predicted octanol–water partition coefficient (Wildman–Crippen LogP) is 2.03. The maximum atomic E-state index is 12.1. The average Bonchev–Trinajstić information content (AvgIpc) is 2.98. The molecule has 6 heteroatoms. The SMILES string of the molecule is CC(CNC(=O)N(C)CC1(O)CCOCC1)c1cccs1. The normalized spacial score (nSPS) is 19.0. The summed E-state index contributed by atoms with van der Waals surface area (Å²) in [6.45, 7) is 4.15. The molecule has 118 valence electrons. The number of ether oxygens (including phenoxy) is 1. The molecule has 2 amide bonds. The lowest BCUT2D eigenvalue weighted by molar-refractivity contribution is -0.0722. The molecule has 0 bridgehead atoms. The summed E-state index contributed by atoms with van der Waals surface area (Å²) in [6, 6.07) is 3.96. The molecular weight excluding hydrogens is 288 g/mol. The summed E-state index contributed by atoms with van der Waals surface area (Å²) in [4.78, 5) is 14.9. The van der Waals surface area contributed by atoms with Gasteiger partial charge in [-0.25, -0.2) is 4.79 Å². The Balaban J connectivity index is 1.77. The van der Waals surface area contributed by atoms with Gasteiger partial charge in [0.15, 0.2) is 0 Å². The van der Waals surface area contributed by atoms with E-state index in [1.54, 1.807) is 23.3 Å². The van der Waals surface area contributed by atoms with Crippen molar-refractivity contribution in [2.24, 2.45) is 0 Å². The first-order valence-corrected chi connectivity index (χ1v) is 8.21. The molecule has 2 heterocycles. The van der Waals surface area contributed by atoms with Crippen LogP contribution in [-0.2, 0) is 4.74 Å². The summed E-state index contributed by atoms with van der Waals surface area (Å²) in [5.41, 5.74) is -0.816. The molecule has 0 aromatic carbocycles. The van der Waals surface area contributed by atoms with Gasteiger partial charge < -0.3 is 20.1 Å². The van der Waals surface area contributed by atoms with Crippen LogP contribution in [0.4, 0.5) is 4.79 Å². The Morgan fingerprint density at radius 1 is 1.57 bits per heavy atom. The van der Waals surface area contributed by atoms with E-state index in [1.165, 1.54) is 4.88 Å². The summed E-state index contributed by atoms with van der Waals surface area (Å²) in [5, 5.41) is 15.4. The monoisotopic (exact) mass is 312 g/mol. The number of hydrogen-bond acceptors (Lipinski definition) is 4. The zero-order valence-electron chi connectivity index (χ0n) is 12.7. The maximum Gasteiger partial charge on any atom is 0.317 e. The van der Waals surface area contributed by atoms with Gasteiger partial charge in [0.05, 0.1) is 12.1 Å². The Hall–Kier alpha value is -1.11. The van der Waals surface area contributed by atoms with Crippen LogP contribution in [0.1, 0.15) is 30.6 Å². The summed E-state index contributed by atoms with van der Waals surface area (Å²) < 4.78 is 5.25. The Kier molecular flexibility index (Phi) is 5.61. The number of urea groups is 1. The number of carbonyl (C=O) groups excluding carboxylic acids is 1. The van der Waals surface area contributed by atoms with Gasteiger partial charge in [-0.2, -0.15) is 0 Å². The van der Waals surface area contributed by atoms with Crippen molar-refractivity contribution in [1.29, 1.82) is 0 Å². The minimum Gasteiger partial charge on any atom is -0.388 e. The molecule has 21 heavy (non-hydrogen) atoms. The summed E-state index contributed by atoms with van der Waals surface area (Å²) >= 11 is 1.70. The standard InChI is InChI=1S/C15H24N2O3S/c1-12(13-4-3-9-21-13)10-16-14(18)17(2)11-15(19)5-7-20-8-6-15/h3-4,9,12,19H,5-8,10-11H2,1-2H3,(H,16,18). The highest BCUT2D eigenvalue weighted by molar-refractivity contribution is 7.10. The third kappa shape index (κ3) is 4.69. The van der Waals surface area contributed by atoms with Crippen LogP contribution in [0.3, 0.4) is 0 Å². The number of nitrogens with one attached hydrogen (secondary N) is 1. The number of carbonyl (C=O) groups is 1. The summed E-state index contributed by atoms with van der Waals surface area (Å²) in [7, 11) is 1.72. The summed E-state index contributed by atoms with van der Waals surface area (Å²) in [5.74, 6) is 0.300. The second-order valence-corrected chi connectivity index (χ2v) is 6.77. The Morgan fingerprint density at radius 3 is 2.90 bits per heavy atom. The number of likely N-dealkylation sites (N-methyl/N-ethyl adjacent to an activating group) is 1. The molecule has 0 radical (unpaired) electrons. The van der Waals surface area contributed by atoms with Crippen molar-refractivity contribution in [2.45, 2.75) is 31.3 Å². The van der Waals surface area contributed by atoms with E-state index in [9.17, 15) is 9.90 Å². The number of nitrogens with zero attached hydrogens (tertiary/aromatic N) is 1. The van der Waals surface area contributed by atoms with Crippen LogP contribution < -0.4 is 5.32 Å². The van der Waals surface area contributed by atoms with Gasteiger partial charge in [-0.3, -0.25) is 0 Å². The molecule has 1 unspecified atom stereocenters. The fourth-order valence-corrected chi connectivity index (χ4v) is 3.26. The smallest absolute Gasteiger partial charge is 0.317 e. The first-order valence-electron chi connectivity index (χ1n) is 7.33. The number of rotatable bonds is 5. The largest absolute Gasteiger partial charge is 0.388 e. The molecule has 1 aliphatic rings. The summed E-state index contributed by atoms with van der Waals surface area (Å²) in [6.07, 6.45) is 1.16. The van der Waals surface area contributed by atoms with Crippen LogP contribution in [0.15, 0.2) is 17.5 Å². The highest BCUT2D eigenvalue weighted by atomic mass is 32.1. The minimum atomic E-state index is -0.816. The maximum absolute atomic E-state index is 12.1. The molecule has 1 aromatic heterocycles. The van der Waals surface area contributed by atoms with Gasteiger partial charge in [0.1, 0.15) is 0 Å². The molecule has 1 aliphatic heterocycles. The van der Waals surface area contributed by atoms with Crippen molar-refractivity contribution in [1.82, 2.24) is 10.2 Å². The predicted molar refractivity (Wildman–Crippen MR) is 83.8 cm³/mol. The molecule has 1 aromatic rings. The van der Waals surface area contributed by atoms with Gasteiger partial charge in [-0.1, -0.05) is 13.0 Å². The molecule has 1 fully saturated rings. The van der Waals surface area contributed by atoms with Crippen molar-refractivity contribution >= 4 is 17.4 Å². The van der Waals surface area contributed by atoms with Crippen molar-refractivity contribution in [3.8, 4) is 0 Å². The molecule has 0 aliphatic carbocycles. The highest BCUT2D eigenvalue weighted by Crippen LogP contribution is 2.22. The number of amides is 2. The topological polar surface area (TPSA) is 61.8 Å². The second kappa shape index (κ2) is 7.24. The van der Waals surface area contributed by atoms with Crippen molar-refractivity contribution in [2.75, 3.05) is 33.4 Å². The van der Waals surface area contributed by atoms with E-state index in [0.717, 1.165) is 0 Å². The van der Waals surface area contributed by atoms with Gasteiger partial charge in [-0.15, -0.1) is 11.3 Å². The molecule has 2 N–H and O–H groups in total. The van der Waals surface area contributed by atoms with Crippen molar-refractivity contribution in [3.63, 3.8) is 0 Å². The zero-order valence-corrected chi connectivity index (χ0v) is 13.5. The Bertz CT molecular complexity index is 444. The molecule has 5 nitrogen and oxygen atoms in total. The lowest BCUT2D eigenvalue weighted by atomic mass is 9.94. The molecule has 0 spiro atoms. The molecule has 1 atom stereocenters. The third-order valence-electron chi connectivity index (χ3n) is 3.89. The lowest BCUT2D eigenvalue weighted by Crippen LogP contribution is -2.50. The molecule has 0 saturated carbocycles. The van der Waals surface area contributed by atoms with Crippen LogP contribution in [-0.4, -0.2) is 55.0 Å². The van der Waals surface area contributed by atoms with Gasteiger partial charge in [0, 0.05) is 50.4 Å². The highest BCUT2D eigenvalue weighted by Gasteiger charge is 2.32. The number of thiophene rings is 1. The van der Waals surface area contributed by atoms with Crippen molar-refractivity contribution in [3.05, 3.63) is 22.4 Å². The van der Waals surface area contributed by atoms with Crippen LogP contribution in [0.5, 0.6) is 0 Å². The number of hydrogen-bond donors (Lipinski definition) is 2. The minimum absolute atomic E-state index is 0.140. The van der Waals surface area contributed by atoms with Crippen LogP contribution >= 0.6 is 11.3 Å². The number of aliphatic hydroxyl groups is 1. The lowest BCUT2D eigenvalue weighted by Gasteiger charge is -2.35. The van der Waals surface area contributed by atoms with Crippen molar-refractivity contribution < 1.29 is 14.6 Å². The van der Waals surface area contributed by atoms with E-state index < -0.39 is 5.60 Å². The van der Waals surface area contributed by atoms with E-state index in [1.807, 2.05) is 11.4 Å². The fourth-order valence-electron chi connectivity index (χ4n) is 2.47. The molecule has 2 rings (SSSR count). The Morgan fingerprint density at radius 2 is 2.29 bits per heavy atom. The van der Waals surface area contributed by atoms with E-state index in [0.29, 0.717) is 45.1 Å². The van der Waals surface area contributed by atoms with E-state index >= 15 is 0 Å². The zero-order chi connectivity index (χ0) is 15.3. The van der Waals surface area contributed by atoms with E-state index in [2.05, 4.69) is 18.3 Å². The van der Waals surface area contributed by atoms with Crippen LogP contribution in [0.2, 0.25) is 0 Å². The van der Waals surface area contributed by atoms with Crippen LogP contribution in [0.25, 0.3) is 0 Å². The van der Waals surface area contributed by atoms with Gasteiger partial charge in [0.25, 0.3) is 0 Å². The second-order valence-electron chi connectivity index (χ2n) is 5.80. The average molecular weight is 312 g/mol. The Labute approximate surface area is 129 Å². The first-order chi connectivity index (χ1) is 10.0. The van der Waals surface area contributed by atoms with Gasteiger partial charge in [0.2, 0.25) is 0 Å². The first kappa shape index (κ1) is 16.3. The molecule has 1 saturated heterocycles. The van der Waals surface area contributed by atoms with E-state index in [4.69, 9.17) is 4.74 Å². The third-order valence-corrected chi connectivity index (χ3v) is 4.99. The fraction of sp³-hybridized carbons (Fsp3) is 0.667. The quantitative estimate of drug-likeness (QED) is 0.874. The van der Waals surface area contributed by atoms with E-state index in [-0.39, 0.29) is 6.03 Å². The van der Waals surface area contributed by atoms with Gasteiger partial charge >= 0.3 is 6.03 Å². The van der Waals surface area contributed by atoms with Crippen LogP contribution in [0, 0.1) is 0 Å². The molecular formula is C15H24N2O3S.